The lowest BCUT2D eigenvalue weighted by molar-refractivity contribution is -0.114. The van der Waals surface area contributed by atoms with E-state index < -0.39 is 0 Å². The van der Waals surface area contributed by atoms with E-state index >= 15 is 0 Å². The van der Waals surface area contributed by atoms with Gasteiger partial charge in [0.2, 0.25) is 5.91 Å². The van der Waals surface area contributed by atoms with Gasteiger partial charge in [-0.25, -0.2) is 0 Å². The minimum atomic E-state index is 0.0115. The molecule has 150 valence electrons. The molecule has 0 bridgehead atoms. The number of unbranched alkanes of at least 4 members (excludes halogenated alkanes) is 4. The number of nitrogens with one attached hydrogen (secondary N) is 2. The molecule has 3 nitrogen and oxygen atoms in total. The van der Waals surface area contributed by atoms with E-state index in [1.165, 1.54) is 55.2 Å². The number of rotatable bonds is 10. The molecule has 2 aromatic rings. The SMILES string of the molecule is CC(=O)Nc1cccc2c1CCC(NCCCCCCCc1ccccc1)C2. The Morgan fingerprint density at radius 2 is 1.75 bits per heavy atom. The largest absolute Gasteiger partial charge is 0.326 e. The summed E-state index contributed by atoms with van der Waals surface area (Å²) in [6.45, 7) is 2.69. The van der Waals surface area contributed by atoms with Gasteiger partial charge in [-0.1, -0.05) is 61.7 Å². The van der Waals surface area contributed by atoms with Crippen molar-refractivity contribution >= 4 is 11.6 Å². The summed E-state index contributed by atoms with van der Waals surface area (Å²) < 4.78 is 0. The van der Waals surface area contributed by atoms with Gasteiger partial charge in [0.1, 0.15) is 0 Å². The van der Waals surface area contributed by atoms with Crippen molar-refractivity contribution < 1.29 is 4.79 Å². The van der Waals surface area contributed by atoms with Crippen LogP contribution in [0, 0.1) is 0 Å². The van der Waals surface area contributed by atoms with E-state index in [9.17, 15) is 4.79 Å². The summed E-state index contributed by atoms with van der Waals surface area (Å²) in [7, 11) is 0. The van der Waals surface area contributed by atoms with Crippen LogP contribution in [0.4, 0.5) is 5.69 Å². The first kappa shape index (κ1) is 20.6. The molecule has 0 saturated carbocycles. The summed E-state index contributed by atoms with van der Waals surface area (Å²) in [5.41, 5.74) is 5.17. The highest BCUT2D eigenvalue weighted by molar-refractivity contribution is 5.89. The van der Waals surface area contributed by atoms with Crippen LogP contribution in [-0.4, -0.2) is 18.5 Å². The topological polar surface area (TPSA) is 41.1 Å². The third-order valence-corrected chi connectivity index (χ3v) is 5.71. The summed E-state index contributed by atoms with van der Waals surface area (Å²) in [5.74, 6) is 0.0115. The van der Waals surface area contributed by atoms with Crippen LogP contribution in [0.3, 0.4) is 0 Å². The van der Waals surface area contributed by atoms with E-state index in [2.05, 4.69) is 53.1 Å². The molecule has 0 heterocycles. The summed E-state index contributed by atoms with van der Waals surface area (Å²) >= 11 is 0. The number of benzene rings is 2. The second kappa shape index (κ2) is 11.0. The predicted molar refractivity (Wildman–Crippen MR) is 118 cm³/mol. The molecule has 3 heteroatoms. The van der Waals surface area contributed by atoms with Gasteiger partial charge in [-0.2, -0.15) is 0 Å². The maximum Gasteiger partial charge on any atom is 0.221 e. The number of carbonyl (C=O) groups is 1. The molecule has 0 radical (unpaired) electrons. The van der Waals surface area contributed by atoms with Crippen molar-refractivity contribution in [1.29, 1.82) is 0 Å². The molecular weight excluding hydrogens is 344 g/mol. The Bertz CT molecular complexity index is 741. The molecule has 0 spiro atoms. The predicted octanol–water partition coefficient (Wildman–Crippen LogP) is 5.29. The Balaban J connectivity index is 1.29. The molecule has 0 saturated heterocycles. The minimum absolute atomic E-state index is 0.0115. The molecule has 1 aliphatic rings. The van der Waals surface area contributed by atoms with Crippen molar-refractivity contribution in [2.24, 2.45) is 0 Å². The summed E-state index contributed by atoms with van der Waals surface area (Å²) in [5, 5.41) is 6.73. The quantitative estimate of drug-likeness (QED) is 0.552. The zero-order valence-corrected chi connectivity index (χ0v) is 17.2. The van der Waals surface area contributed by atoms with Crippen molar-refractivity contribution in [2.75, 3.05) is 11.9 Å². The van der Waals surface area contributed by atoms with Crippen LogP contribution < -0.4 is 10.6 Å². The number of carbonyl (C=O) groups excluding carboxylic acids is 1. The zero-order valence-electron chi connectivity index (χ0n) is 17.2. The van der Waals surface area contributed by atoms with E-state index in [4.69, 9.17) is 0 Å². The fourth-order valence-electron chi connectivity index (χ4n) is 4.22. The normalized spacial score (nSPS) is 15.8. The molecule has 2 N–H and O–H groups in total. The standard InChI is InChI=1S/C25H34N2O/c1-20(28)27-25-15-10-14-22-19-23(16-17-24(22)25)26-18-9-4-2-3-6-11-21-12-7-5-8-13-21/h5,7-8,10,12-15,23,26H,2-4,6,9,11,16-19H2,1H3,(H,27,28). The van der Waals surface area contributed by atoms with Gasteiger partial charge in [-0.15, -0.1) is 0 Å². The average molecular weight is 379 g/mol. The highest BCUT2D eigenvalue weighted by atomic mass is 16.1. The van der Waals surface area contributed by atoms with Crippen molar-refractivity contribution in [3.05, 3.63) is 65.2 Å². The molecule has 1 unspecified atom stereocenters. The van der Waals surface area contributed by atoms with E-state index in [1.807, 2.05) is 6.07 Å². The van der Waals surface area contributed by atoms with Crippen LogP contribution in [0.25, 0.3) is 0 Å². The van der Waals surface area contributed by atoms with Crippen LogP contribution in [0.15, 0.2) is 48.5 Å². The molecule has 2 aromatic carbocycles. The van der Waals surface area contributed by atoms with Crippen LogP contribution >= 0.6 is 0 Å². The second-order valence-electron chi connectivity index (χ2n) is 8.02. The zero-order chi connectivity index (χ0) is 19.6. The van der Waals surface area contributed by atoms with Crippen molar-refractivity contribution in [3.8, 4) is 0 Å². The Labute approximate surface area is 169 Å². The van der Waals surface area contributed by atoms with Crippen LogP contribution in [0.2, 0.25) is 0 Å². The molecule has 0 fully saturated rings. The molecular formula is C25H34N2O. The maximum absolute atomic E-state index is 11.4. The van der Waals surface area contributed by atoms with Gasteiger partial charge in [0, 0.05) is 18.7 Å². The van der Waals surface area contributed by atoms with E-state index in [-0.39, 0.29) is 5.91 Å². The van der Waals surface area contributed by atoms with Crippen LogP contribution in [-0.2, 0) is 24.1 Å². The highest BCUT2D eigenvalue weighted by Crippen LogP contribution is 2.28. The second-order valence-corrected chi connectivity index (χ2v) is 8.02. The fourth-order valence-corrected chi connectivity index (χ4v) is 4.22. The van der Waals surface area contributed by atoms with E-state index in [0.29, 0.717) is 6.04 Å². The summed E-state index contributed by atoms with van der Waals surface area (Å²) in [4.78, 5) is 11.4. The monoisotopic (exact) mass is 378 g/mol. The van der Waals surface area contributed by atoms with Crippen molar-refractivity contribution in [2.45, 2.75) is 70.8 Å². The van der Waals surface area contributed by atoms with Gasteiger partial charge in [-0.3, -0.25) is 4.79 Å². The lowest BCUT2D eigenvalue weighted by Crippen LogP contribution is -2.35. The number of anilines is 1. The van der Waals surface area contributed by atoms with Gasteiger partial charge < -0.3 is 10.6 Å². The molecule has 1 aliphatic carbocycles. The summed E-state index contributed by atoms with van der Waals surface area (Å²) in [6, 6.07) is 17.7. The lowest BCUT2D eigenvalue weighted by Gasteiger charge is -2.27. The molecule has 3 rings (SSSR count). The number of fused-ring (bicyclic) bond motifs is 1. The molecule has 0 aliphatic heterocycles. The lowest BCUT2D eigenvalue weighted by atomic mass is 9.87. The molecule has 0 aromatic heterocycles. The number of hydrogen-bond acceptors (Lipinski definition) is 2. The van der Waals surface area contributed by atoms with Gasteiger partial charge in [-0.05, 0) is 67.8 Å². The van der Waals surface area contributed by atoms with Crippen molar-refractivity contribution in [1.82, 2.24) is 5.32 Å². The van der Waals surface area contributed by atoms with Crippen molar-refractivity contribution in [3.63, 3.8) is 0 Å². The Hall–Kier alpha value is -2.13. The van der Waals surface area contributed by atoms with Crippen LogP contribution in [0.1, 0.15) is 62.1 Å². The third kappa shape index (κ3) is 6.49. The minimum Gasteiger partial charge on any atom is -0.326 e. The summed E-state index contributed by atoms with van der Waals surface area (Å²) in [6.07, 6.45) is 11.0. The van der Waals surface area contributed by atoms with E-state index in [1.54, 1.807) is 6.92 Å². The molecule has 28 heavy (non-hydrogen) atoms. The van der Waals surface area contributed by atoms with Crippen LogP contribution in [0.5, 0.6) is 0 Å². The molecule has 1 atom stereocenters. The van der Waals surface area contributed by atoms with Gasteiger partial charge in [0.05, 0.1) is 0 Å². The Kier molecular flexibility index (Phi) is 8.10. The first-order chi connectivity index (χ1) is 13.7. The smallest absolute Gasteiger partial charge is 0.221 e. The molecule has 1 amide bonds. The maximum atomic E-state index is 11.4. The number of amides is 1. The Morgan fingerprint density at radius 1 is 0.964 bits per heavy atom. The van der Waals surface area contributed by atoms with E-state index in [0.717, 1.165) is 31.5 Å². The first-order valence-electron chi connectivity index (χ1n) is 10.9. The number of hydrogen-bond donors (Lipinski definition) is 2. The third-order valence-electron chi connectivity index (χ3n) is 5.71. The number of aryl methyl sites for hydroxylation is 1. The first-order valence-corrected chi connectivity index (χ1v) is 10.9. The fraction of sp³-hybridized carbons (Fsp3) is 0.480. The van der Waals surface area contributed by atoms with Gasteiger partial charge >= 0.3 is 0 Å². The highest BCUT2D eigenvalue weighted by Gasteiger charge is 2.20. The average Bonchev–Trinajstić information content (AvgIpc) is 2.70. The Morgan fingerprint density at radius 3 is 2.57 bits per heavy atom. The van der Waals surface area contributed by atoms with Gasteiger partial charge in [0.25, 0.3) is 0 Å². The van der Waals surface area contributed by atoms with Gasteiger partial charge in [0.15, 0.2) is 0 Å².